The van der Waals surface area contributed by atoms with E-state index in [9.17, 15) is 19.5 Å². The van der Waals surface area contributed by atoms with E-state index < -0.39 is 23.7 Å². The van der Waals surface area contributed by atoms with Crippen molar-refractivity contribution in [3.05, 3.63) is 35.4 Å². The van der Waals surface area contributed by atoms with Crippen LogP contribution in [0.15, 0.2) is 24.3 Å². The van der Waals surface area contributed by atoms with E-state index in [2.05, 4.69) is 20.8 Å². The SMILES string of the molecule is CC(C)(C)c1ccc(C(=O)C(=O)N2CCCCC2C(=O)O)cc1. The lowest BCUT2D eigenvalue weighted by Gasteiger charge is -2.32. The van der Waals surface area contributed by atoms with E-state index in [1.54, 1.807) is 12.1 Å². The molecule has 1 fully saturated rings. The summed E-state index contributed by atoms with van der Waals surface area (Å²) in [5.74, 6) is -2.41. The molecule has 124 valence electrons. The van der Waals surface area contributed by atoms with Gasteiger partial charge in [-0.3, -0.25) is 9.59 Å². The van der Waals surface area contributed by atoms with Crippen LogP contribution < -0.4 is 0 Å². The molecule has 5 nitrogen and oxygen atoms in total. The summed E-state index contributed by atoms with van der Waals surface area (Å²) in [5.41, 5.74) is 1.34. The molecule has 2 rings (SSSR count). The second kappa shape index (κ2) is 6.52. The maximum Gasteiger partial charge on any atom is 0.326 e. The van der Waals surface area contributed by atoms with Gasteiger partial charge < -0.3 is 10.0 Å². The van der Waals surface area contributed by atoms with Crippen molar-refractivity contribution in [2.75, 3.05) is 6.54 Å². The minimum Gasteiger partial charge on any atom is -0.480 e. The van der Waals surface area contributed by atoms with Gasteiger partial charge in [-0.05, 0) is 30.2 Å². The molecule has 0 spiro atoms. The highest BCUT2D eigenvalue weighted by molar-refractivity contribution is 6.43. The predicted molar refractivity (Wildman–Crippen MR) is 86.5 cm³/mol. The first-order chi connectivity index (χ1) is 10.7. The maximum atomic E-state index is 12.4. The average molecular weight is 317 g/mol. The minimum absolute atomic E-state index is 0.0349. The van der Waals surface area contributed by atoms with Crippen molar-refractivity contribution in [1.29, 1.82) is 0 Å². The number of hydrogen-bond acceptors (Lipinski definition) is 3. The maximum absolute atomic E-state index is 12.4. The number of carboxylic acids is 1. The van der Waals surface area contributed by atoms with Crippen molar-refractivity contribution in [2.45, 2.75) is 51.5 Å². The van der Waals surface area contributed by atoms with E-state index >= 15 is 0 Å². The molecular formula is C18H23NO4. The second-order valence-corrected chi connectivity index (χ2v) is 7.00. The molecule has 1 N–H and O–H groups in total. The van der Waals surface area contributed by atoms with Gasteiger partial charge in [0.05, 0.1) is 0 Å². The molecule has 1 aliphatic rings. The van der Waals surface area contributed by atoms with E-state index in [1.165, 1.54) is 4.90 Å². The molecule has 1 saturated heterocycles. The van der Waals surface area contributed by atoms with E-state index in [1.807, 2.05) is 12.1 Å². The van der Waals surface area contributed by atoms with Gasteiger partial charge in [0.15, 0.2) is 0 Å². The van der Waals surface area contributed by atoms with Crippen molar-refractivity contribution in [3.8, 4) is 0 Å². The Labute approximate surface area is 136 Å². The fraction of sp³-hybridized carbons (Fsp3) is 0.500. The monoisotopic (exact) mass is 317 g/mol. The molecule has 0 radical (unpaired) electrons. The summed E-state index contributed by atoms with van der Waals surface area (Å²) in [6, 6.07) is 6.06. The summed E-state index contributed by atoms with van der Waals surface area (Å²) in [6.45, 7) is 6.53. The zero-order chi connectivity index (χ0) is 17.2. The molecule has 5 heteroatoms. The molecule has 1 amide bonds. The number of piperidine rings is 1. The molecule has 1 atom stereocenters. The molecule has 1 aliphatic heterocycles. The quantitative estimate of drug-likeness (QED) is 0.687. The highest BCUT2D eigenvalue weighted by Gasteiger charge is 2.35. The predicted octanol–water partition coefficient (Wildman–Crippen LogP) is 2.63. The van der Waals surface area contributed by atoms with Gasteiger partial charge in [-0.25, -0.2) is 4.79 Å². The van der Waals surface area contributed by atoms with Gasteiger partial charge >= 0.3 is 5.97 Å². The molecule has 0 aromatic heterocycles. The summed E-state index contributed by atoms with van der Waals surface area (Å²) < 4.78 is 0. The van der Waals surface area contributed by atoms with E-state index in [4.69, 9.17) is 0 Å². The zero-order valence-corrected chi connectivity index (χ0v) is 13.8. The second-order valence-electron chi connectivity index (χ2n) is 7.00. The van der Waals surface area contributed by atoms with Crippen LogP contribution in [-0.2, 0) is 15.0 Å². The molecule has 1 heterocycles. The number of likely N-dealkylation sites (tertiary alicyclic amines) is 1. The van der Waals surface area contributed by atoms with Crippen LogP contribution in [-0.4, -0.2) is 40.3 Å². The number of amides is 1. The first kappa shape index (κ1) is 17.2. The minimum atomic E-state index is -1.05. The van der Waals surface area contributed by atoms with Crippen molar-refractivity contribution in [1.82, 2.24) is 4.90 Å². The number of nitrogens with zero attached hydrogens (tertiary/aromatic N) is 1. The molecule has 1 unspecified atom stereocenters. The first-order valence-corrected chi connectivity index (χ1v) is 7.90. The Morgan fingerprint density at radius 3 is 2.22 bits per heavy atom. The van der Waals surface area contributed by atoms with Crippen LogP contribution in [0.5, 0.6) is 0 Å². The number of carbonyl (C=O) groups excluding carboxylic acids is 2. The number of benzene rings is 1. The normalized spacial score (nSPS) is 18.6. The Kier molecular flexibility index (Phi) is 4.88. The largest absolute Gasteiger partial charge is 0.480 e. The summed E-state index contributed by atoms with van der Waals surface area (Å²) in [4.78, 5) is 37.3. The third kappa shape index (κ3) is 3.78. The summed E-state index contributed by atoms with van der Waals surface area (Å²) in [6.07, 6.45) is 1.89. The lowest BCUT2D eigenvalue weighted by molar-refractivity contribution is -0.150. The Morgan fingerprint density at radius 1 is 1.09 bits per heavy atom. The Balaban J connectivity index is 2.19. The number of carbonyl (C=O) groups is 3. The van der Waals surface area contributed by atoms with Gasteiger partial charge in [-0.1, -0.05) is 45.0 Å². The molecule has 0 aliphatic carbocycles. The highest BCUT2D eigenvalue weighted by Crippen LogP contribution is 2.23. The van der Waals surface area contributed by atoms with Crippen LogP contribution in [0, 0.1) is 0 Å². The zero-order valence-electron chi connectivity index (χ0n) is 13.8. The van der Waals surface area contributed by atoms with Gasteiger partial charge in [0.2, 0.25) is 5.78 Å². The smallest absolute Gasteiger partial charge is 0.326 e. The van der Waals surface area contributed by atoms with Crippen molar-refractivity contribution < 1.29 is 19.5 Å². The Hall–Kier alpha value is -2.17. The molecule has 23 heavy (non-hydrogen) atoms. The molecule has 1 aromatic rings. The van der Waals surface area contributed by atoms with Crippen LogP contribution in [0.2, 0.25) is 0 Å². The van der Waals surface area contributed by atoms with E-state index in [0.717, 1.165) is 18.4 Å². The number of ketones is 1. The van der Waals surface area contributed by atoms with Gasteiger partial charge in [-0.2, -0.15) is 0 Å². The molecule has 1 aromatic carbocycles. The highest BCUT2D eigenvalue weighted by atomic mass is 16.4. The number of aliphatic carboxylic acids is 1. The van der Waals surface area contributed by atoms with Crippen LogP contribution in [0.4, 0.5) is 0 Å². The fourth-order valence-corrected chi connectivity index (χ4v) is 2.81. The van der Waals surface area contributed by atoms with Crippen LogP contribution >= 0.6 is 0 Å². The van der Waals surface area contributed by atoms with Crippen LogP contribution in [0.25, 0.3) is 0 Å². The van der Waals surface area contributed by atoms with E-state index in [-0.39, 0.29) is 5.41 Å². The average Bonchev–Trinajstić information content (AvgIpc) is 2.52. The van der Waals surface area contributed by atoms with Crippen molar-refractivity contribution >= 4 is 17.7 Å². The summed E-state index contributed by atoms with van der Waals surface area (Å²) >= 11 is 0. The lowest BCUT2D eigenvalue weighted by atomic mass is 9.86. The Morgan fingerprint density at radius 2 is 1.70 bits per heavy atom. The van der Waals surface area contributed by atoms with Gasteiger partial charge in [0.1, 0.15) is 6.04 Å². The van der Waals surface area contributed by atoms with Crippen molar-refractivity contribution in [3.63, 3.8) is 0 Å². The van der Waals surface area contributed by atoms with Crippen LogP contribution in [0.1, 0.15) is 56.0 Å². The fourth-order valence-electron chi connectivity index (χ4n) is 2.81. The lowest BCUT2D eigenvalue weighted by Crippen LogP contribution is -2.50. The molecular weight excluding hydrogens is 294 g/mol. The number of Topliss-reactive ketones (excluding diaryl/α,β-unsaturated/α-hetero) is 1. The van der Waals surface area contributed by atoms with Gasteiger partial charge in [-0.15, -0.1) is 0 Å². The van der Waals surface area contributed by atoms with Gasteiger partial charge in [0.25, 0.3) is 5.91 Å². The van der Waals surface area contributed by atoms with Crippen LogP contribution in [0.3, 0.4) is 0 Å². The molecule has 0 saturated carbocycles. The summed E-state index contributed by atoms with van der Waals surface area (Å²) in [5, 5.41) is 9.23. The topological polar surface area (TPSA) is 74.7 Å². The summed E-state index contributed by atoms with van der Waals surface area (Å²) in [7, 11) is 0. The number of hydrogen-bond donors (Lipinski definition) is 1. The van der Waals surface area contributed by atoms with Gasteiger partial charge in [0, 0.05) is 12.1 Å². The third-order valence-electron chi connectivity index (χ3n) is 4.26. The number of carboxylic acid groups (broad SMARTS) is 1. The number of rotatable bonds is 3. The first-order valence-electron chi connectivity index (χ1n) is 7.90. The standard InChI is InChI=1S/C18H23NO4/c1-18(2,3)13-9-7-12(8-10-13)15(20)16(21)19-11-5-4-6-14(19)17(22)23/h7-10,14H,4-6,11H2,1-3H3,(H,22,23). The third-order valence-corrected chi connectivity index (χ3v) is 4.26. The van der Waals surface area contributed by atoms with E-state index in [0.29, 0.717) is 18.5 Å². The molecule has 0 bridgehead atoms. The Bertz CT molecular complexity index is 613. The van der Waals surface area contributed by atoms with Crippen molar-refractivity contribution in [2.24, 2.45) is 0 Å².